The van der Waals surface area contributed by atoms with Crippen molar-refractivity contribution in [3.05, 3.63) is 89.7 Å². The molecule has 2 aromatic carbocycles. The average Bonchev–Trinajstić information content (AvgIpc) is 2.78. The number of carbonyl (C=O) groups is 1. The Kier molecular flexibility index (Phi) is 7.82. The number of thioether (sulfide) groups is 1. The quantitative estimate of drug-likeness (QED) is 0.403. The molecule has 154 valence electrons. The number of benzene rings is 2. The first-order valence-electron chi connectivity index (χ1n) is 9.62. The molecule has 0 bridgehead atoms. The van der Waals surface area contributed by atoms with Crippen LogP contribution >= 0.6 is 24.0 Å². The molecule has 1 aromatic heterocycles. The highest BCUT2D eigenvalue weighted by Crippen LogP contribution is 2.20. The highest BCUT2D eigenvalue weighted by molar-refractivity contribution is 8.22. The number of thiocarbonyl (C=S) groups is 1. The average molecular weight is 437 g/mol. The van der Waals surface area contributed by atoms with Gasteiger partial charge >= 0.3 is 0 Å². The Balaban J connectivity index is 1.54. The summed E-state index contributed by atoms with van der Waals surface area (Å²) < 4.78 is 0.857. The number of nitrogens with two attached hydrogens (primary N) is 1. The summed E-state index contributed by atoms with van der Waals surface area (Å²) in [6.07, 6.45) is 3.59. The third kappa shape index (κ3) is 6.05. The van der Waals surface area contributed by atoms with Gasteiger partial charge in [0.1, 0.15) is 4.32 Å². The number of pyridine rings is 1. The molecule has 0 saturated heterocycles. The number of nitrogens with one attached hydrogen (secondary N) is 1. The van der Waals surface area contributed by atoms with Crippen molar-refractivity contribution in [3.63, 3.8) is 0 Å². The van der Waals surface area contributed by atoms with E-state index < -0.39 is 0 Å². The summed E-state index contributed by atoms with van der Waals surface area (Å²) in [5, 5.41) is 2.84. The molecule has 3 aromatic rings. The molecule has 0 aliphatic heterocycles. The summed E-state index contributed by atoms with van der Waals surface area (Å²) >= 11 is 7.25. The third-order valence-corrected chi connectivity index (χ3v) is 6.14. The van der Waals surface area contributed by atoms with Crippen LogP contribution in [0.2, 0.25) is 0 Å². The Bertz CT molecular complexity index is 994. The van der Waals surface area contributed by atoms with Crippen molar-refractivity contribution < 1.29 is 4.79 Å². The van der Waals surface area contributed by atoms with Crippen LogP contribution in [-0.4, -0.2) is 26.7 Å². The predicted molar refractivity (Wildman–Crippen MR) is 129 cm³/mol. The SMILES string of the molecule is CCN(Cc1ccncc1)C(=S)SCc1ccc(C(=O)Nc2ccccc2N)cc1. The number of hydrogen-bond acceptors (Lipinski definition) is 5. The molecule has 3 N–H and O–H groups in total. The molecule has 0 fully saturated rings. The number of hydrogen-bond donors (Lipinski definition) is 2. The monoisotopic (exact) mass is 436 g/mol. The molecule has 0 saturated carbocycles. The molecule has 0 aliphatic rings. The molecule has 7 heteroatoms. The van der Waals surface area contributed by atoms with Crippen LogP contribution in [0.4, 0.5) is 11.4 Å². The van der Waals surface area contributed by atoms with Crippen molar-refractivity contribution in [2.75, 3.05) is 17.6 Å². The number of nitrogens with zero attached hydrogens (tertiary/aromatic N) is 2. The summed E-state index contributed by atoms with van der Waals surface area (Å²) in [6.45, 7) is 3.71. The van der Waals surface area contributed by atoms with Gasteiger partial charge in [-0.15, -0.1) is 0 Å². The second-order valence-corrected chi connectivity index (χ2v) is 8.27. The number of para-hydroxylation sites is 2. The lowest BCUT2D eigenvalue weighted by Crippen LogP contribution is -2.26. The summed E-state index contributed by atoms with van der Waals surface area (Å²) in [5.41, 5.74) is 9.92. The van der Waals surface area contributed by atoms with Gasteiger partial charge in [0.05, 0.1) is 11.4 Å². The molecule has 1 heterocycles. The lowest BCUT2D eigenvalue weighted by atomic mass is 10.1. The fourth-order valence-electron chi connectivity index (χ4n) is 2.81. The van der Waals surface area contributed by atoms with E-state index in [1.807, 2.05) is 48.5 Å². The molecule has 0 spiro atoms. The van der Waals surface area contributed by atoms with Crippen molar-refractivity contribution in [2.45, 2.75) is 19.2 Å². The first-order valence-corrected chi connectivity index (χ1v) is 11.0. The normalized spacial score (nSPS) is 10.4. The van der Waals surface area contributed by atoms with E-state index in [9.17, 15) is 4.79 Å². The smallest absolute Gasteiger partial charge is 0.255 e. The number of rotatable bonds is 7. The van der Waals surface area contributed by atoms with Crippen molar-refractivity contribution in [3.8, 4) is 0 Å². The maximum atomic E-state index is 12.4. The van der Waals surface area contributed by atoms with Gasteiger partial charge in [-0.05, 0) is 54.4 Å². The maximum absolute atomic E-state index is 12.4. The van der Waals surface area contributed by atoms with Crippen LogP contribution in [0.25, 0.3) is 0 Å². The third-order valence-electron chi connectivity index (χ3n) is 4.55. The van der Waals surface area contributed by atoms with Crippen LogP contribution in [-0.2, 0) is 12.3 Å². The van der Waals surface area contributed by atoms with Gasteiger partial charge < -0.3 is 16.0 Å². The van der Waals surface area contributed by atoms with Gasteiger partial charge in [-0.1, -0.05) is 48.2 Å². The molecular weight excluding hydrogens is 412 g/mol. The van der Waals surface area contributed by atoms with E-state index >= 15 is 0 Å². The number of carbonyl (C=O) groups excluding carboxylic acids is 1. The van der Waals surface area contributed by atoms with E-state index in [0.717, 1.165) is 28.7 Å². The van der Waals surface area contributed by atoms with E-state index in [2.05, 4.69) is 22.1 Å². The lowest BCUT2D eigenvalue weighted by Gasteiger charge is -2.23. The summed E-state index contributed by atoms with van der Waals surface area (Å²) in [7, 11) is 0. The fraction of sp³-hybridized carbons (Fsp3) is 0.174. The number of aromatic nitrogens is 1. The fourth-order valence-corrected chi connectivity index (χ4v) is 4.04. The lowest BCUT2D eigenvalue weighted by molar-refractivity contribution is 0.102. The minimum Gasteiger partial charge on any atom is -0.397 e. The zero-order valence-corrected chi connectivity index (χ0v) is 18.4. The Labute approximate surface area is 186 Å². The standard InChI is InChI=1S/C23H24N4OS2/c1-2-27(15-17-11-13-25-14-12-17)23(29)30-16-18-7-9-19(10-8-18)22(28)26-21-6-4-3-5-20(21)24/h3-14H,2,15-16,24H2,1H3,(H,26,28). The van der Waals surface area contributed by atoms with Gasteiger partial charge in [-0.25, -0.2) is 0 Å². The van der Waals surface area contributed by atoms with Crippen LogP contribution in [0.5, 0.6) is 0 Å². The van der Waals surface area contributed by atoms with Crippen LogP contribution in [0, 0.1) is 0 Å². The molecule has 0 atom stereocenters. The number of amides is 1. The minimum atomic E-state index is -0.183. The second-order valence-electron chi connectivity index (χ2n) is 6.66. The largest absolute Gasteiger partial charge is 0.397 e. The van der Waals surface area contributed by atoms with Crippen LogP contribution in [0.1, 0.15) is 28.4 Å². The molecule has 0 radical (unpaired) electrons. The van der Waals surface area contributed by atoms with Gasteiger partial charge in [0, 0.05) is 36.8 Å². The zero-order valence-electron chi connectivity index (χ0n) is 16.7. The molecular formula is C23H24N4OS2. The van der Waals surface area contributed by atoms with E-state index in [-0.39, 0.29) is 5.91 Å². The van der Waals surface area contributed by atoms with Crippen molar-refractivity contribution in [1.29, 1.82) is 0 Å². The molecule has 0 unspecified atom stereocenters. The highest BCUT2D eigenvalue weighted by atomic mass is 32.2. The van der Waals surface area contributed by atoms with Crippen LogP contribution in [0.3, 0.4) is 0 Å². The second kappa shape index (κ2) is 10.8. The first-order chi connectivity index (χ1) is 14.6. The number of anilines is 2. The van der Waals surface area contributed by atoms with E-state index in [1.165, 1.54) is 5.56 Å². The molecule has 3 rings (SSSR count). The Morgan fingerprint density at radius 2 is 1.77 bits per heavy atom. The van der Waals surface area contributed by atoms with Gasteiger partial charge in [0.25, 0.3) is 5.91 Å². The number of nitrogen functional groups attached to an aromatic ring is 1. The van der Waals surface area contributed by atoms with Crippen molar-refractivity contribution in [2.24, 2.45) is 0 Å². The Morgan fingerprint density at radius 3 is 2.43 bits per heavy atom. The van der Waals surface area contributed by atoms with Gasteiger partial charge in [0.2, 0.25) is 0 Å². The summed E-state index contributed by atoms with van der Waals surface area (Å²) in [6, 6.07) is 18.8. The molecule has 5 nitrogen and oxygen atoms in total. The van der Waals surface area contributed by atoms with Crippen LogP contribution < -0.4 is 11.1 Å². The van der Waals surface area contributed by atoms with Gasteiger partial charge in [0.15, 0.2) is 0 Å². The summed E-state index contributed by atoms with van der Waals surface area (Å²) in [4.78, 5) is 18.7. The minimum absolute atomic E-state index is 0.183. The molecule has 1 amide bonds. The maximum Gasteiger partial charge on any atom is 0.255 e. The Hall–Kier alpha value is -2.90. The van der Waals surface area contributed by atoms with Gasteiger partial charge in [-0.2, -0.15) is 0 Å². The predicted octanol–water partition coefficient (Wildman–Crippen LogP) is 4.96. The Morgan fingerprint density at radius 1 is 1.07 bits per heavy atom. The van der Waals surface area contributed by atoms with Crippen molar-refractivity contribution in [1.82, 2.24) is 9.88 Å². The van der Waals surface area contributed by atoms with Gasteiger partial charge in [-0.3, -0.25) is 9.78 Å². The summed E-state index contributed by atoms with van der Waals surface area (Å²) in [5.74, 6) is 0.566. The molecule has 30 heavy (non-hydrogen) atoms. The van der Waals surface area contributed by atoms with E-state index in [0.29, 0.717) is 16.9 Å². The first kappa shape index (κ1) is 21.8. The van der Waals surface area contributed by atoms with E-state index in [4.69, 9.17) is 18.0 Å². The van der Waals surface area contributed by atoms with Crippen LogP contribution in [0.15, 0.2) is 73.1 Å². The topological polar surface area (TPSA) is 71.2 Å². The molecule has 0 aliphatic carbocycles. The van der Waals surface area contributed by atoms with E-state index in [1.54, 1.807) is 36.3 Å². The highest BCUT2D eigenvalue weighted by Gasteiger charge is 2.11. The van der Waals surface area contributed by atoms with Crippen molar-refractivity contribution >= 4 is 45.6 Å². The zero-order chi connectivity index (χ0) is 21.3.